The monoisotopic (exact) mass is 343 g/mol. The van der Waals surface area contributed by atoms with E-state index in [9.17, 15) is 10.2 Å². The Hall–Kier alpha value is -0.120. The fourth-order valence-electron chi connectivity index (χ4n) is 3.78. The Labute approximate surface area is 151 Å². The summed E-state index contributed by atoms with van der Waals surface area (Å²) in [6.45, 7) is 5.83. The Bertz CT molecular complexity index is 257. The van der Waals surface area contributed by atoms with E-state index in [1.807, 2.05) is 0 Å². The Morgan fingerprint density at radius 1 is 0.667 bits per heavy atom. The molecule has 0 aliphatic rings. The molecule has 0 rings (SSSR count). The Balaban J connectivity index is 3.58. The Morgan fingerprint density at radius 3 is 1.33 bits per heavy atom. The summed E-state index contributed by atoms with van der Waals surface area (Å²) in [5, 5.41) is 19.3. The Kier molecular flexibility index (Phi) is 15.1. The molecule has 146 valence electrons. The lowest BCUT2D eigenvalue weighted by molar-refractivity contribution is 0.0985. The third-order valence-electron chi connectivity index (χ3n) is 4.93. The highest BCUT2D eigenvalue weighted by atomic mass is 16.3. The van der Waals surface area contributed by atoms with E-state index in [0.29, 0.717) is 12.8 Å². The zero-order valence-corrected chi connectivity index (χ0v) is 16.7. The molecule has 0 aliphatic heterocycles. The SMILES string of the molecule is CCCCCCCCCCCCCCC(N)(CC(C)O)CC(C)O. The molecule has 0 radical (unpaired) electrons. The molecule has 0 saturated carbocycles. The van der Waals surface area contributed by atoms with Gasteiger partial charge in [-0.15, -0.1) is 0 Å². The van der Waals surface area contributed by atoms with E-state index in [0.717, 1.165) is 12.8 Å². The van der Waals surface area contributed by atoms with Crippen LogP contribution in [0.2, 0.25) is 0 Å². The van der Waals surface area contributed by atoms with Crippen molar-refractivity contribution in [2.24, 2.45) is 5.73 Å². The maximum absolute atomic E-state index is 9.63. The van der Waals surface area contributed by atoms with E-state index in [2.05, 4.69) is 6.92 Å². The molecule has 0 fully saturated rings. The molecule has 0 amide bonds. The summed E-state index contributed by atoms with van der Waals surface area (Å²) >= 11 is 0. The summed E-state index contributed by atoms with van der Waals surface area (Å²) in [5.74, 6) is 0. The van der Waals surface area contributed by atoms with Gasteiger partial charge in [0.15, 0.2) is 0 Å². The number of aliphatic hydroxyl groups is 2. The minimum Gasteiger partial charge on any atom is -0.393 e. The molecule has 4 N–H and O–H groups in total. The lowest BCUT2D eigenvalue weighted by atomic mass is 9.83. The van der Waals surface area contributed by atoms with E-state index in [1.165, 1.54) is 70.6 Å². The topological polar surface area (TPSA) is 66.5 Å². The fraction of sp³-hybridized carbons (Fsp3) is 1.00. The van der Waals surface area contributed by atoms with Gasteiger partial charge in [-0.2, -0.15) is 0 Å². The normalized spacial score (nSPS) is 16.8. The van der Waals surface area contributed by atoms with Crippen molar-refractivity contribution >= 4 is 0 Å². The van der Waals surface area contributed by atoms with Crippen LogP contribution in [0.15, 0.2) is 0 Å². The highest BCUT2D eigenvalue weighted by Crippen LogP contribution is 2.24. The lowest BCUT2D eigenvalue weighted by Gasteiger charge is -2.32. The molecule has 2 atom stereocenters. The largest absolute Gasteiger partial charge is 0.393 e. The quantitative estimate of drug-likeness (QED) is 0.313. The second-order valence-corrected chi connectivity index (χ2v) is 8.11. The standard InChI is InChI=1S/C21H45NO2/c1-4-5-6-7-8-9-10-11-12-13-14-15-16-21(22,17-19(2)23)18-20(3)24/h19-20,23-24H,4-18,22H2,1-3H3. The van der Waals surface area contributed by atoms with E-state index in [1.54, 1.807) is 13.8 Å². The molecular formula is C21H45NO2. The number of unbranched alkanes of at least 4 members (excludes halogenated alkanes) is 11. The van der Waals surface area contributed by atoms with Gasteiger partial charge in [-0.1, -0.05) is 84.0 Å². The highest BCUT2D eigenvalue weighted by molar-refractivity contribution is 4.87. The molecule has 24 heavy (non-hydrogen) atoms. The van der Waals surface area contributed by atoms with Crippen LogP contribution >= 0.6 is 0 Å². The number of rotatable bonds is 17. The van der Waals surface area contributed by atoms with Gasteiger partial charge in [0.2, 0.25) is 0 Å². The third kappa shape index (κ3) is 15.4. The summed E-state index contributed by atoms with van der Waals surface area (Å²) in [7, 11) is 0. The second-order valence-electron chi connectivity index (χ2n) is 8.11. The molecule has 2 unspecified atom stereocenters. The number of hydrogen-bond acceptors (Lipinski definition) is 3. The van der Waals surface area contributed by atoms with Gasteiger partial charge < -0.3 is 15.9 Å². The third-order valence-corrected chi connectivity index (χ3v) is 4.93. The van der Waals surface area contributed by atoms with Crippen LogP contribution in [-0.4, -0.2) is 28.0 Å². The molecule has 3 heteroatoms. The zero-order valence-electron chi connectivity index (χ0n) is 16.7. The van der Waals surface area contributed by atoms with Crippen LogP contribution < -0.4 is 5.73 Å². The maximum Gasteiger partial charge on any atom is 0.0529 e. The van der Waals surface area contributed by atoms with Crippen LogP contribution in [0.5, 0.6) is 0 Å². The van der Waals surface area contributed by atoms with Crippen molar-refractivity contribution in [3.8, 4) is 0 Å². The molecule has 0 heterocycles. The van der Waals surface area contributed by atoms with Crippen LogP contribution in [-0.2, 0) is 0 Å². The van der Waals surface area contributed by atoms with Crippen molar-refractivity contribution in [1.29, 1.82) is 0 Å². The van der Waals surface area contributed by atoms with E-state index in [-0.39, 0.29) is 0 Å². The van der Waals surface area contributed by atoms with Crippen molar-refractivity contribution in [2.75, 3.05) is 0 Å². The number of aliphatic hydroxyl groups excluding tert-OH is 2. The summed E-state index contributed by atoms with van der Waals surface area (Å²) < 4.78 is 0. The molecule has 0 aliphatic carbocycles. The van der Waals surface area contributed by atoms with Crippen molar-refractivity contribution in [2.45, 2.75) is 135 Å². The van der Waals surface area contributed by atoms with Gasteiger partial charge in [-0.05, 0) is 33.1 Å². The van der Waals surface area contributed by atoms with E-state index >= 15 is 0 Å². The Morgan fingerprint density at radius 2 is 1.00 bits per heavy atom. The van der Waals surface area contributed by atoms with Crippen LogP contribution in [0.4, 0.5) is 0 Å². The van der Waals surface area contributed by atoms with E-state index < -0.39 is 17.7 Å². The van der Waals surface area contributed by atoms with Crippen LogP contribution in [0, 0.1) is 0 Å². The smallest absolute Gasteiger partial charge is 0.0529 e. The predicted octanol–water partition coefficient (Wildman–Crippen LogP) is 5.32. The van der Waals surface area contributed by atoms with Gasteiger partial charge in [0.05, 0.1) is 12.2 Å². The first kappa shape index (κ1) is 23.9. The number of nitrogens with two attached hydrogens (primary N) is 1. The van der Waals surface area contributed by atoms with Crippen molar-refractivity contribution < 1.29 is 10.2 Å². The van der Waals surface area contributed by atoms with Gasteiger partial charge in [0, 0.05) is 5.54 Å². The summed E-state index contributed by atoms with van der Waals surface area (Å²) in [5.41, 5.74) is 5.99. The van der Waals surface area contributed by atoms with Gasteiger partial charge in [-0.25, -0.2) is 0 Å². The first-order valence-electron chi connectivity index (χ1n) is 10.5. The first-order valence-corrected chi connectivity index (χ1v) is 10.5. The van der Waals surface area contributed by atoms with Crippen molar-refractivity contribution in [3.63, 3.8) is 0 Å². The van der Waals surface area contributed by atoms with E-state index in [4.69, 9.17) is 5.73 Å². The minimum atomic E-state index is -0.416. The molecule has 0 bridgehead atoms. The highest BCUT2D eigenvalue weighted by Gasteiger charge is 2.27. The van der Waals surface area contributed by atoms with Crippen molar-refractivity contribution in [3.05, 3.63) is 0 Å². The average Bonchev–Trinajstić information content (AvgIpc) is 2.46. The molecule has 0 saturated heterocycles. The number of hydrogen-bond donors (Lipinski definition) is 3. The summed E-state index contributed by atoms with van der Waals surface area (Å²) in [4.78, 5) is 0. The molecule has 0 spiro atoms. The summed E-state index contributed by atoms with van der Waals surface area (Å²) in [6, 6.07) is 0. The molecule has 0 aromatic carbocycles. The second kappa shape index (κ2) is 15.2. The van der Waals surface area contributed by atoms with Crippen molar-refractivity contribution in [1.82, 2.24) is 0 Å². The average molecular weight is 344 g/mol. The van der Waals surface area contributed by atoms with Gasteiger partial charge in [0.25, 0.3) is 0 Å². The van der Waals surface area contributed by atoms with Gasteiger partial charge in [-0.3, -0.25) is 0 Å². The molecular weight excluding hydrogens is 298 g/mol. The maximum atomic E-state index is 9.63. The lowest BCUT2D eigenvalue weighted by Crippen LogP contribution is -2.44. The first-order chi connectivity index (χ1) is 11.4. The molecule has 0 aromatic rings. The summed E-state index contributed by atoms with van der Waals surface area (Å²) in [6.07, 6.45) is 17.3. The molecule has 3 nitrogen and oxygen atoms in total. The zero-order chi connectivity index (χ0) is 18.3. The predicted molar refractivity (Wildman–Crippen MR) is 105 cm³/mol. The van der Waals surface area contributed by atoms with Crippen LogP contribution in [0.1, 0.15) is 117 Å². The van der Waals surface area contributed by atoms with Crippen LogP contribution in [0.3, 0.4) is 0 Å². The molecule has 0 aromatic heterocycles. The minimum absolute atomic E-state index is 0.397. The fourth-order valence-corrected chi connectivity index (χ4v) is 3.78. The van der Waals surface area contributed by atoms with Gasteiger partial charge in [0.1, 0.15) is 0 Å². The van der Waals surface area contributed by atoms with Crippen LogP contribution in [0.25, 0.3) is 0 Å². The van der Waals surface area contributed by atoms with Gasteiger partial charge >= 0.3 is 0 Å².